The summed E-state index contributed by atoms with van der Waals surface area (Å²) in [4.78, 5) is 18.1. The molecule has 0 spiro atoms. The molecule has 172 valence electrons. The molecule has 8 heteroatoms. The third-order valence-electron chi connectivity index (χ3n) is 6.55. The number of nitrogens with one attached hydrogen (secondary N) is 1. The molecule has 1 N–H and O–H groups in total. The molecular formula is C26H22ClFN4O2. The van der Waals surface area contributed by atoms with Crippen LogP contribution in [0.15, 0.2) is 48.7 Å². The number of fused-ring (bicyclic) bond motifs is 2. The molecule has 2 aromatic heterocycles. The molecule has 2 aromatic carbocycles. The Labute approximate surface area is 200 Å². The fourth-order valence-electron chi connectivity index (χ4n) is 4.77. The van der Waals surface area contributed by atoms with Crippen LogP contribution in [0.25, 0.3) is 16.8 Å². The number of ether oxygens (including phenoxy) is 1. The summed E-state index contributed by atoms with van der Waals surface area (Å²) in [5, 5.41) is 7.94. The Balaban J connectivity index is 1.43. The van der Waals surface area contributed by atoms with E-state index in [1.165, 1.54) is 6.07 Å². The minimum Gasteiger partial charge on any atom is -0.493 e. The number of para-hydroxylation sites is 1. The van der Waals surface area contributed by atoms with Crippen LogP contribution in [0.4, 0.5) is 4.39 Å². The molecular weight excluding hydrogens is 455 g/mol. The number of amides is 1. The van der Waals surface area contributed by atoms with Gasteiger partial charge >= 0.3 is 0 Å². The van der Waals surface area contributed by atoms with E-state index >= 15 is 0 Å². The van der Waals surface area contributed by atoms with Crippen molar-refractivity contribution >= 4 is 23.2 Å². The van der Waals surface area contributed by atoms with Gasteiger partial charge in [-0.15, -0.1) is 0 Å². The van der Waals surface area contributed by atoms with Gasteiger partial charge in [0.25, 0.3) is 5.91 Å². The number of carbonyl (C=O) groups excluding carboxylic acids is 1. The summed E-state index contributed by atoms with van der Waals surface area (Å²) in [6.07, 6.45) is 4.27. The molecule has 1 atom stereocenters. The van der Waals surface area contributed by atoms with Crippen molar-refractivity contribution in [2.24, 2.45) is 0 Å². The van der Waals surface area contributed by atoms with E-state index in [9.17, 15) is 9.18 Å². The number of aryl methyl sites for hydroxylation is 1. The zero-order chi connectivity index (χ0) is 23.4. The smallest absolute Gasteiger partial charge is 0.255 e. The molecule has 1 fully saturated rings. The molecule has 1 saturated carbocycles. The Bertz CT molecular complexity index is 1450. The van der Waals surface area contributed by atoms with Crippen molar-refractivity contribution in [3.05, 3.63) is 82.0 Å². The second-order valence-corrected chi connectivity index (χ2v) is 9.21. The molecule has 6 rings (SSSR count). The number of benzene rings is 2. The molecule has 34 heavy (non-hydrogen) atoms. The first-order valence-corrected chi connectivity index (χ1v) is 11.8. The van der Waals surface area contributed by atoms with Gasteiger partial charge in [-0.25, -0.2) is 13.9 Å². The lowest BCUT2D eigenvalue weighted by atomic mass is 10.00. The molecule has 0 radical (unpaired) electrons. The Hall–Kier alpha value is -3.45. The Morgan fingerprint density at radius 3 is 2.82 bits per heavy atom. The predicted molar refractivity (Wildman–Crippen MR) is 127 cm³/mol. The maximum atomic E-state index is 14.2. The Morgan fingerprint density at radius 2 is 2.00 bits per heavy atom. The number of halogens is 2. The van der Waals surface area contributed by atoms with Crippen LogP contribution in [-0.2, 0) is 0 Å². The van der Waals surface area contributed by atoms with Gasteiger partial charge in [0.05, 0.1) is 40.2 Å². The average Bonchev–Trinajstić information content (AvgIpc) is 3.62. The van der Waals surface area contributed by atoms with Gasteiger partial charge in [0, 0.05) is 29.7 Å². The summed E-state index contributed by atoms with van der Waals surface area (Å²) in [6, 6.07) is 12.3. The van der Waals surface area contributed by atoms with Crippen molar-refractivity contribution in [3.63, 3.8) is 0 Å². The molecule has 1 aliphatic carbocycles. The first kappa shape index (κ1) is 21.1. The van der Waals surface area contributed by atoms with E-state index in [1.54, 1.807) is 22.8 Å². The summed E-state index contributed by atoms with van der Waals surface area (Å²) < 4.78 is 21.7. The number of rotatable bonds is 4. The number of hydrogen-bond donors (Lipinski definition) is 1. The standard InChI is InChI=1S/C26H22ClFN4O2/c1-14-22(17-6-4-7-19(28)23(17)27)25-29-13-18(24(15-9-10-15)32(25)31-14)26(33)30-20-11-12-34-21-8-3-2-5-16(20)21/h2-8,13,15,20H,9-12H2,1H3,(H,30,33)/t20-/m0/s1. The molecule has 0 unspecified atom stereocenters. The molecule has 4 aromatic rings. The van der Waals surface area contributed by atoms with Crippen molar-refractivity contribution in [1.29, 1.82) is 0 Å². The molecule has 1 amide bonds. The van der Waals surface area contributed by atoms with Gasteiger partial charge < -0.3 is 10.1 Å². The third kappa shape index (κ3) is 3.42. The molecule has 1 aliphatic heterocycles. The predicted octanol–water partition coefficient (Wildman–Crippen LogP) is 5.63. The minimum absolute atomic E-state index is 0.0373. The van der Waals surface area contributed by atoms with E-state index in [4.69, 9.17) is 21.4 Å². The fraction of sp³-hybridized carbons (Fsp3) is 0.269. The zero-order valence-electron chi connectivity index (χ0n) is 18.5. The van der Waals surface area contributed by atoms with Gasteiger partial charge in [-0.2, -0.15) is 5.10 Å². The third-order valence-corrected chi connectivity index (χ3v) is 6.93. The van der Waals surface area contributed by atoms with Crippen LogP contribution in [0.2, 0.25) is 5.02 Å². The SMILES string of the molecule is Cc1nn2c(C3CC3)c(C(=O)N[C@H]3CCOc4ccccc43)cnc2c1-c1cccc(F)c1Cl. The van der Waals surface area contributed by atoms with Crippen molar-refractivity contribution in [2.75, 3.05) is 6.61 Å². The monoisotopic (exact) mass is 476 g/mol. The minimum atomic E-state index is -0.493. The van der Waals surface area contributed by atoms with Gasteiger partial charge in [-0.1, -0.05) is 41.9 Å². The highest BCUT2D eigenvalue weighted by Gasteiger charge is 2.34. The number of aromatic nitrogens is 3. The summed E-state index contributed by atoms with van der Waals surface area (Å²) in [7, 11) is 0. The zero-order valence-corrected chi connectivity index (χ0v) is 19.3. The van der Waals surface area contributed by atoms with E-state index < -0.39 is 5.82 Å². The first-order valence-electron chi connectivity index (χ1n) is 11.4. The van der Waals surface area contributed by atoms with Gasteiger partial charge in [0.15, 0.2) is 5.65 Å². The van der Waals surface area contributed by atoms with Crippen molar-refractivity contribution < 1.29 is 13.9 Å². The van der Waals surface area contributed by atoms with Crippen LogP contribution in [0, 0.1) is 12.7 Å². The molecule has 0 saturated heterocycles. The van der Waals surface area contributed by atoms with E-state index in [2.05, 4.69) is 10.3 Å². The normalized spacial score (nSPS) is 17.3. The highest BCUT2D eigenvalue weighted by molar-refractivity contribution is 6.33. The molecule has 2 aliphatic rings. The quantitative estimate of drug-likeness (QED) is 0.414. The topological polar surface area (TPSA) is 68.5 Å². The molecule has 6 nitrogen and oxygen atoms in total. The second-order valence-electron chi connectivity index (χ2n) is 8.83. The lowest BCUT2D eigenvalue weighted by Gasteiger charge is -2.27. The van der Waals surface area contributed by atoms with E-state index in [0.717, 1.165) is 29.8 Å². The van der Waals surface area contributed by atoms with Crippen LogP contribution in [0.5, 0.6) is 5.75 Å². The number of hydrogen-bond acceptors (Lipinski definition) is 4. The summed E-state index contributed by atoms with van der Waals surface area (Å²) in [5.41, 5.74) is 4.79. The lowest BCUT2D eigenvalue weighted by molar-refractivity contribution is 0.0922. The largest absolute Gasteiger partial charge is 0.493 e. The maximum Gasteiger partial charge on any atom is 0.255 e. The summed E-state index contributed by atoms with van der Waals surface area (Å²) >= 11 is 6.29. The summed E-state index contributed by atoms with van der Waals surface area (Å²) in [5.74, 6) is 0.349. The van der Waals surface area contributed by atoms with E-state index in [1.807, 2.05) is 31.2 Å². The molecule has 0 bridgehead atoms. The van der Waals surface area contributed by atoms with Crippen molar-refractivity contribution in [1.82, 2.24) is 19.9 Å². The van der Waals surface area contributed by atoms with Gasteiger partial charge in [-0.3, -0.25) is 4.79 Å². The van der Waals surface area contributed by atoms with Crippen LogP contribution in [0.3, 0.4) is 0 Å². The van der Waals surface area contributed by atoms with Crippen LogP contribution < -0.4 is 10.1 Å². The second kappa shape index (κ2) is 8.09. The van der Waals surface area contributed by atoms with Crippen molar-refractivity contribution in [2.45, 2.75) is 38.1 Å². The first-order chi connectivity index (χ1) is 16.5. The number of nitrogens with zero attached hydrogens (tertiary/aromatic N) is 3. The summed E-state index contributed by atoms with van der Waals surface area (Å²) in [6.45, 7) is 2.39. The molecule has 3 heterocycles. The lowest BCUT2D eigenvalue weighted by Crippen LogP contribution is -2.33. The highest BCUT2D eigenvalue weighted by Crippen LogP contribution is 2.43. The van der Waals surface area contributed by atoms with Gasteiger partial charge in [0.2, 0.25) is 0 Å². The maximum absolute atomic E-state index is 14.2. The average molecular weight is 477 g/mol. The fourth-order valence-corrected chi connectivity index (χ4v) is 4.99. The van der Waals surface area contributed by atoms with Crippen LogP contribution >= 0.6 is 11.6 Å². The Kier molecular flexibility index (Phi) is 5.03. The van der Waals surface area contributed by atoms with Crippen LogP contribution in [-0.4, -0.2) is 27.1 Å². The highest BCUT2D eigenvalue weighted by atomic mass is 35.5. The Morgan fingerprint density at radius 1 is 1.18 bits per heavy atom. The van der Waals surface area contributed by atoms with E-state index in [0.29, 0.717) is 41.1 Å². The number of carbonyl (C=O) groups is 1. The van der Waals surface area contributed by atoms with E-state index in [-0.39, 0.29) is 22.9 Å². The van der Waals surface area contributed by atoms with Gasteiger partial charge in [0.1, 0.15) is 11.6 Å². The van der Waals surface area contributed by atoms with Crippen molar-refractivity contribution in [3.8, 4) is 16.9 Å². The van der Waals surface area contributed by atoms with Gasteiger partial charge in [-0.05, 0) is 31.9 Å². The van der Waals surface area contributed by atoms with Crippen LogP contribution in [0.1, 0.15) is 58.5 Å².